The molecule has 1 aliphatic heterocycles. The number of halogens is 4. The minimum absolute atomic E-state index is 0.0222. The summed E-state index contributed by atoms with van der Waals surface area (Å²) in [6.07, 6.45) is -3.17. The van der Waals surface area contributed by atoms with E-state index in [9.17, 15) is 28.1 Å². The number of hydrogen-bond donors (Lipinski definition) is 0. The van der Waals surface area contributed by atoms with Crippen LogP contribution in [-0.2, 0) is 11.0 Å². The first kappa shape index (κ1) is 26.5. The standard InChI is InChI=1S/C24H14ClF3N2O5S2/c1-34-20-9-13(10-21-22(31)29(23(36)37-21)16-4-2-3-15(25)12-16)5-7-19(20)35-18-8-6-14(24(26,27)28)11-17(18)30(32)33/h2-12H,1H3/b21-10-. The van der Waals surface area contributed by atoms with Gasteiger partial charge < -0.3 is 9.47 Å². The molecule has 0 aliphatic carbocycles. The van der Waals surface area contributed by atoms with E-state index in [0.717, 1.165) is 17.8 Å². The molecule has 4 rings (SSSR count). The van der Waals surface area contributed by atoms with Crippen molar-refractivity contribution in [2.45, 2.75) is 6.18 Å². The molecule has 3 aromatic rings. The largest absolute Gasteiger partial charge is 0.493 e. The molecule has 7 nitrogen and oxygen atoms in total. The summed E-state index contributed by atoms with van der Waals surface area (Å²) in [5.41, 5.74) is -0.981. The number of rotatable bonds is 6. The first-order chi connectivity index (χ1) is 17.5. The van der Waals surface area contributed by atoms with Gasteiger partial charge in [0.15, 0.2) is 15.8 Å². The van der Waals surface area contributed by atoms with Crippen molar-refractivity contribution >= 4 is 63.3 Å². The van der Waals surface area contributed by atoms with Crippen LogP contribution in [0.25, 0.3) is 6.08 Å². The average molecular weight is 567 g/mol. The fourth-order valence-corrected chi connectivity index (χ4v) is 4.84. The topological polar surface area (TPSA) is 81.9 Å². The predicted molar refractivity (Wildman–Crippen MR) is 138 cm³/mol. The van der Waals surface area contributed by atoms with Crippen molar-refractivity contribution < 1.29 is 32.4 Å². The number of nitrogens with zero attached hydrogens (tertiary/aromatic N) is 2. The first-order valence-corrected chi connectivity index (χ1v) is 11.8. The number of methoxy groups -OCH3 is 1. The number of benzene rings is 3. The Labute approximate surface area is 222 Å². The maximum absolute atomic E-state index is 13.0. The number of amides is 1. The zero-order chi connectivity index (χ0) is 26.9. The molecular weight excluding hydrogens is 553 g/mol. The summed E-state index contributed by atoms with van der Waals surface area (Å²) >= 11 is 12.5. The molecule has 0 radical (unpaired) electrons. The van der Waals surface area contributed by atoms with Gasteiger partial charge in [-0.1, -0.05) is 47.7 Å². The van der Waals surface area contributed by atoms with E-state index in [4.69, 9.17) is 33.3 Å². The molecule has 13 heteroatoms. The smallest absolute Gasteiger partial charge is 0.416 e. The van der Waals surface area contributed by atoms with E-state index in [0.29, 0.717) is 37.6 Å². The molecule has 0 atom stereocenters. The predicted octanol–water partition coefficient (Wildman–Crippen LogP) is 7.47. The molecule has 1 aliphatic rings. The Kier molecular flexibility index (Phi) is 7.44. The molecule has 1 amide bonds. The van der Waals surface area contributed by atoms with Gasteiger partial charge in [0.05, 0.1) is 28.2 Å². The van der Waals surface area contributed by atoms with Gasteiger partial charge in [-0.25, -0.2) is 0 Å². The van der Waals surface area contributed by atoms with Crippen molar-refractivity contribution in [1.29, 1.82) is 0 Å². The van der Waals surface area contributed by atoms with Crippen LogP contribution >= 0.6 is 35.6 Å². The molecular formula is C24H14ClF3N2O5S2. The zero-order valence-electron chi connectivity index (χ0n) is 18.6. The Morgan fingerprint density at radius 1 is 1.08 bits per heavy atom. The van der Waals surface area contributed by atoms with E-state index in [1.54, 1.807) is 36.4 Å². The highest BCUT2D eigenvalue weighted by molar-refractivity contribution is 8.27. The second kappa shape index (κ2) is 10.4. The maximum atomic E-state index is 13.0. The van der Waals surface area contributed by atoms with Crippen LogP contribution in [0.1, 0.15) is 11.1 Å². The minimum Gasteiger partial charge on any atom is -0.493 e. The minimum atomic E-state index is -4.75. The summed E-state index contributed by atoms with van der Waals surface area (Å²) in [5.74, 6) is -0.592. The molecule has 0 spiro atoms. The number of nitro groups is 1. The van der Waals surface area contributed by atoms with E-state index in [1.807, 2.05) is 0 Å². The molecule has 1 heterocycles. The lowest BCUT2D eigenvalue weighted by atomic mass is 10.1. The normalized spacial score (nSPS) is 14.8. The van der Waals surface area contributed by atoms with Gasteiger partial charge in [0.25, 0.3) is 5.91 Å². The van der Waals surface area contributed by atoms with Crippen molar-refractivity contribution in [2.24, 2.45) is 0 Å². The van der Waals surface area contributed by atoms with E-state index in [-0.39, 0.29) is 17.4 Å². The Hall–Kier alpha value is -3.61. The number of carbonyl (C=O) groups is 1. The van der Waals surface area contributed by atoms with Crippen molar-refractivity contribution in [3.8, 4) is 17.2 Å². The summed E-state index contributed by atoms with van der Waals surface area (Å²) in [6, 6.07) is 13.1. The SMILES string of the molecule is COc1cc(/C=C2\SC(=S)N(c3cccc(Cl)c3)C2=O)ccc1Oc1ccc(C(F)(F)F)cc1[N+](=O)[O-]. The van der Waals surface area contributed by atoms with Crippen molar-refractivity contribution in [1.82, 2.24) is 0 Å². The lowest BCUT2D eigenvalue weighted by molar-refractivity contribution is -0.385. The molecule has 0 saturated carbocycles. The number of thiocarbonyl (C=S) groups is 1. The van der Waals surface area contributed by atoms with Gasteiger partial charge in [-0.05, 0) is 54.1 Å². The van der Waals surface area contributed by atoms with Gasteiger partial charge >= 0.3 is 11.9 Å². The van der Waals surface area contributed by atoms with Crippen LogP contribution in [0.2, 0.25) is 5.02 Å². The lowest BCUT2D eigenvalue weighted by Crippen LogP contribution is -2.27. The second-order valence-corrected chi connectivity index (χ2v) is 9.56. The van der Waals surface area contributed by atoms with E-state index < -0.39 is 28.1 Å². The number of thioether (sulfide) groups is 1. The quantitative estimate of drug-likeness (QED) is 0.132. The summed E-state index contributed by atoms with van der Waals surface area (Å²) < 4.78 is 50.1. The van der Waals surface area contributed by atoms with Crippen LogP contribution in [0.4, 0.5) is 24.5 Å². The molecule has 190 valence electrons. The first-order valence-electron chi connectivity index (χ1n) is 10.2. The number of hydrogen-bond acceptors (Lipinski definition) is 7. The number of anilines is 1. The zero-order valence-corrected chi connectivity index (χ0v) is 21.0. The third-order valence-corrected chi connectivity index (χ3v) is 6.59. The van der Waals surface area contributed by atoms with E-state index >= 15 is 0 Å². The molecule has 0 N–H and O–H groups in total. The summed E-state index contributed by atoms with van der Waals surface area (Å²) in [5, 5.41) is 11.8. The van der Waals surface area contributed by atoms with Crippen LogP contribution in [-0.4, -0.2) is 22.3 Å². The molecule has 0 aromatic heterocycles. The fourth-order valence-electron chi connectivity index (χ4n) is 3.36. The monoisotopic (exact) mass is 566 g/mol. The summed E-state index contributed by atoms with van der Waals surface area (Å²) in [4.78, 5) is 25.1. The van der Waals surface area contributed by atoms with Gasteiger partial charge in [-0.3, -0.25) is 19.8 Å². The summed E-state index contributed by atoms with van der Waals surface area (Å²) in [6.45, 7) is 0. The van der Waals surface area contributed by atoms with Crippen molar-refractivity contribution in [2.75, 3.05) is 12.0 Å². The highest BCUT2D eigenvalue weighted by atomic mass is 35.5. The Bertz CT molecular complexity index is 1460. The second-order valence-electron chi connectivity index (χ2n) is 7.45. The van der Waals surface area contributed by atoms with Crippen LogP contribution < -0.4 is 14.4 Å². The third kappa shape index (κ3) is 5.71. The molecule has 37 heavy (non-hydrogen) atoms. The van der Waals surface area contributed by atoms with Crippen LogP contribution in [0, 0.1) is 10.1 Å². The number of alkyl halides is 3. The molecule has 0 unspecified atom stereocenters. The summed E-state index contributed by atoms with van der Waals surface area (Å²) in [7, 11) is 1.33. The van der Waals surface area contributed by atoms with Crippen LogP contribution in [0.15, 0.2) is 65.6 Å². The van der Waals surface area contributed by atoms with E-state index in [1.165, 1.54) is 24.1 Å². The molecule has 1 fully saturated rings. The van der Waals surface area contributed by atoms with Crippen LogP contribution in [0.3, 0.4) is 0 Å². The molecule has 3 aromatic carbocycles. The van der Waals surface area contributed by atoms with Crippen molar-refractivity contribution in [3.05, 3.63) is 91.8 Å². The van der Waals surface area contributed by atoms with Gasteiger partial charge in [0.1, 0.15) is 0 Å². The average Bonchev–Trinajstić information content (AvgIpc) is 3.11. The third-order valence-electron chi connectivity index (χ3n) is 5.05. The van der Waals surface area contributed by atoms with Gasteiger partial charge in [0.2, 0.25) is 5.75 Å². The van der Waals surface area contributed by atoms with Gasteiger partial charge in [-0.15, -0.1) is 0 Å². The van der Waals surface area contributed by atoms with E-state index in [2.05, 4.69) is 0 Å². The molecule has 1 saturated heterocycles. The van der Waals surface area contributed by atoms with Crippen molar-refractivity contribution in [3.63, 3.8) is 0 Å². The van der Waals surface area contributed by atoms with Gasteiger partial charge in [-0.2, -0.15) is 13.2 Å². The number of nitro benzene ring substituents is 1. The Morgan fingerprint density at radius 3 is 2.46 bits per heavy atom. The lowest BCUT2D eigenvalue weighted by Gasteiger charge is -2.14. The Balaban J connectivity index is 1.62. The number of ether oxygens (including phenoxy) is 2. The molecule has 0 bridgehead atoms. The highest BCUT2D eigenvalue weighted by Gasteiger charge is 2.34. The van der Waals surface area contributed by atoms with Crippen LogP contribution in [0.5, 0.6) is 17.2 Å². The number of carbonyl (C=O) groups excluding carboxylic acids is 1. The van der Waals surface area contributed by atoms with Gasteiger partial charge in [0, 0.05) is 11.1 Å². The highest BCUT2D eigenvalue weighted by Crippen LogP contribution is 2.41. The fraction of sp³-hybridized carbons (Fsp3) is 0.0833. The maximum Gasteiger partial charge on any atom is 0.416 e. The Morgan fingerprint density at radius 2 is 1.81 bits per heavy atom.